The summed E-state index contributed by atoms with van der Waals surface area (Å²) in [5.41, 5.74) is -2.20. The number of ketones is 2. The molecule has 6 nitrogen and oxygen atoms in total. The second-order valence-electron chi connectivity index (χ2n) is 11.1. The topological polar surface area (TPSA) is 93.8 Å². The number of halogens is 2. The van der Waals surface area contributed by atoms with Crippen LogP contribution < -0.4 is 0 Å². The molecule has 8 heteroatoms. The van der Waals surface area contributed by atoms with Crippen molar-refractivity contribution in [3.63, 3.8) is 0 Å². The van der Waals surface area contributed by atoms with E-state index in [4.69, 9.17) is 32.4 Å². The van der Waals surface area contributed by atoms with Crippen molar-refractivity contribution in [1.29, 1.82) is 0 Å². The molecule has 1 aromatic rings. The number of fused-ring (bicyclic) bond motifs is 5. The third kappa shape index (κ3) is 3.02. The van der Waals surface area contributed by atoms with Crippen LogP contribution >= 0.6 is 23.2 Å². The molecule has 35 heavy (non-hydrogen) atoms. The summed E-state index contributed by atoms with van der Waals surface area (Å²) >= 11 is 13.6. The third-order valence-electron chi connectivity index (χ3n) is 9.69. The summed E-state index contributed by atoms with van der Waals surface area (Å²) in [7, 11) is 0. The molecule has 188 valence electrons. The summed E-state index contributed by atoms with van der Waals surface area (Å²) in [6.45, 7) is 5.81. The SMILES string of the molecule is CC1C[C@H]2[C@@H]3CCC4=CC(=O)C=C[C@]4(C)[C@@]3(Cl)C(O)C[C@]2(C)[C@@]1(OC(=O)c1ccco1)C(=O)CCl. The van der Waals surface area contributed by atoms with Crippen molar-refractivity contribution in [2.75, 3.05) is 5.88 Å². The lowest BCUT2D eigenvalue weighted by Crippen LogP contribution is -2.69. The number of hydrogen-bond donors (Lipinski definition) is 1. The van der Waals surface area contributed by atoms with E-state index in [-0.39, 0.29) is 47.4 Å². The molecule has 2 unspecified atom stereocenters. The lowest BCUT2D eigenvalue weighted by Gasteiger charge is -2.64. The maximum absolute atomic E-state index is 13.6. The molecule has 1 aromatic heterocycles. The number of furan rings is 1. The molecule has 0 spiro atoms. The molecular formula is C27H30Cl2O6. The number of alkyl halides is 2. The predicted molar refractivity (Wildman–Crippen MR) is 130 cm³/mol. The molecule has 0 saturated heterocycles. The van der Waals surface area contributed by atoms with E-state index in [2.05, 4.69) is 0 Å². The Balaban J connectivity index is 1.61. The van der Waals surface area contributed by atoms with Gasteiger partial charge in [0.2, 0.25) is 5.76 Å². The highest BCUT2D eigenvalue weighted by Gasteiger charge is 2.76. The van der Waals surface area contributed by atoms with Crippen LogP contribution in [0.5, 0.6) is 0 Å². The Morgan fingerprint density at radius 3 is 2.69 bits per heavy atom. The van der Waals surface area contributed by atoms with Crippen molar-refractivity contribution in [1.82, 2.24) is 0 Å². The largest absolute Gasteiger partial charge is 0.457 e. The Hall–Kier alpha value is -1.89. The van der Waals surface area contributed by atoms with Gasteiger partial charge < -0.3 is 14.3 Å². The Bertz CT molecular complexity index is 1140. The van der Waals surface area contributed by atoms with Crippen molar-refractivity contribution in [2.24, 2.45) is 28.6 Å². The Morgan fingerprint density at radius 2 is 2.03 bits per heavy atom. The fraction of sp³-hybridized carbons (Fsp3) is 0.593. The van der Waals surface area contributed by atoms with Crippen LogP contribution in [0.2, 0.25) is 0 Å². The average Bonchev–Trinajstić information content (AvgIpc) is 3.42. The smallest absolute Gasteiger partial charge is 0.375 e. The van der Waals surface area contributed by atoms with Crippen molar-refractivity contribution in [3.05, 3.63) is 48.0 Å². The van der Waals surface area contributed by atoms with Gasteiger partial charge in [0.15, 0.2) is 17.2 Å². The first-order chi connectivity index (χ1) is 16.5. The Labute approximate surface area is 214 Å². The van der Waals surface area contributed by atoms with Crippen LogP contribution in [0.1, 0.15) is 57.0 Å². The van der Waals surface area contributed by atoms with Gasteiger partial charge in [-0.25, -0.2) is 4.79 Å². The van der Waals surface area contributed by atoms with Gasteiger partial charge in [0.1, 0.15) is 0 Å². The van der Waals surface area contributed by atoms with Gasteiger partial charge >= 0.3 is 5.97 Å². The van der Waals surface area contributed by atoms with E-state index < -0.39 is 33.4 Å². The number of Topliss-reactive ketones (excluding diaryl/α,β-unsaturated/α-hetero) is 1. The molecule has 4 aliphatic rings. The number of aliphatic hydroxyl groups is 1. The van der Waals surface area contributed by atoms with Crippen LogP contribution in [0.4, 0.5) is 0 Å². The van der Waals surface area contributed by atoms with Gasteiger partial charge in [0, 0.05) is 16.7 Å². The zero-order chi connectivity index (χ0) is 25.4. The minimum Gasteiger partial charge on any atom is -0.457 e. The normalized spacial score (nSPS) is 44.2. The first-order valence-electron chi connectivity index (χ1n) is 12.1. The Kier molecular flexibility index (Phi) is 5.71. The quantitative estimate of drug-likeness (QED) is 0.449. The van der Waals surface area contributed by atoms with Gasteiger partial charge in [0.05, 0.1) is 23.1 Å². The van der Waals surface area contributed by atoms with Gasteiger partial charge in [-0.1, -0.05) is 32.4 Å². The fourth-order valence-electron chi connectivity index (χ4n) is 8.09. The summed E-state index contributed by atoms with van der Waals surface area (Å²) in [4.78, 5) is 37.7. The summed E-state index contributed by atoms with van der Waals surface area (Å²) in [6.07, 6.45) is 7.44. The van der Waals surface area contributed by atoms with E-state index in [1.54, 1.807) is 12.1 Å². The van der Waals surface area contributed by atoms with Crippen molar-refractivity contribution in [2.45, 2.75) is 63.0 Å². The molecule has 4 aliphatic carbocycles. The van der Waals surface area contributed by atoms with Crippen molar-refractivity contribution < 1.29 is 28.6 Å². The zero-order valence-electron chi connectivity index (χ0n) is 20.1. The van der Waals surface area contributed by atoms with Crippen LogP contribution in [0.3, 0.4) is 0 Å². The van der Waals surface area contributed by atoms with Crippen LogP contribution in [-0.4, -0.2) is 45.1 Å². The first-order valence-corrected chi connectivity index (χ1v) is 13.0. The highest BCUT2D eigenvalue weighted by molar-refractivity contribution is 6.29. The number of hydrogen-bond acceptors (Lipinski definition) is 6. The predicted octanol–water partition coefficient (Wildman–Crippen LogP) is 4.87. The van der Waals surface area contributed by atoms with Crippen LogP contribution in [0.15, 0.2) is 46.6 Å². The molecule has 1 N–H and O–H groups in total. The second kappa shape index (κ2) is 8.06. The number of ether oxygens (including phenoxy) is 1. The first kappa shape index (κ1) is 24.8. The molecule has 1 heterocycles. The monoisotopic (exact) mass is 520 g/mol. The number of carbonyl (C=O) groups excluding carboxylic acids is 3. The van der Waals surface area contributed by atoms with Crippen molar-refractivity contribution >= 4 is 40.7 Å². The standard InChI is InChI=1S/C27H30Cl2O6/c1-15-11-19-18-7-6-16-12-17(30)8-9-24(16,2)26(18,29)21(31)13-25(19,3)27(15,22(32)14-28)35-23(33)20-5-4-10-34-20/h4-5,8-10,12,15,18-19,21,31H,6-7,11,13-14H2,1-3H3/t15?,18-,19-,21?,24-,25-,26-,27-/m0/s1. The molecule has 8 atom stereocenters. The molecule has 5 rings (SSSR count). The van der Waals surface area contributed by atoms with E-state index in [0.29, 0.717) is 19.3 Å². The minimum atomic E-state index is -1.53. The molecule has 0 amide bonds. The average molecular weight is 521 g/mol. The lowest BCUT2D eigenvalue weighted by molar-refractivity contribution is -0.177. The molecule has 0 aliphatic heterocycles. The molecular weight excluding hydrogens is 491 g/mol. The van der Waals surface area contributed by atoms with Crippen LogP contribution in [0.25, 0.3) is 0 Å². The van der Waals surface area contributed by atoms with E-state index in [0.717, 1.165) is 5.57 Å². The molecule has 0 bridgehead atoms. The highest BCUT2D eigenvalue weighted by Crippen LogP contribution is 2.72. The van der Waals surface area contributed by atoms with E-state index in [9.17, 15) is 19.5 Å². The fourth-order valence-corrected chi connectivity index (χ4v) is 8.81. The molecule has 0 radical (unpaired) electrons. The maximum Gasteiger partial charge on any atom is 0.375 e. The number of carbonyl (C=O) groups is 3. The summed E-state index contributed by atoms with van der Waals surface area (Å²) < 4.78 is 11.3. The van der Waals surface area contributed by atoms with E-state index >= 15 is 0 Å². The van der Waals surface area contributed by atoms with Crippen molar-refractivity contribution in [3.8, 4) is 0 Å². The minimum absolute atomic E-state index is 0.00557. The van der Waals surface area contributed by atoms with Gasteiger partial charge in [-0.3, -0.25) is 9.59 Å². The third-order valence-corrected chi connectivity index (χ3v) is 10.9. The lowest BCUT2D eigenvalue weighted by atomic mass is 9.45. The summed E-state index contributed by atoms with van der Waals surface area (Å²) in [5, 5.41) is 11.8. The number of rotatable bonds is 4. The van der Waals surface area contributed by atoms with E-state index in [1.807, 2.05) is 26.8 Å². The molecule has 3 saturated carbocycles. The van der Waals surface area contributed by atoms with Crippen LogP contribution in [-0.2, 0) is 14.3 Å². The summed E-state index contributed by atoms with van der Waals surface area (Å²) in [5.74, 6) is -2.12. The van der Waals surface area contributed by atoms with Gasteiger partial charge in [0.25, 0.3) is 0 Å². The number of aliphatic hydroxyl groups excluding tert-OH is 1. The number of allylic oxidation sites excluding steroid dienone is 4. The Morgan fingerprint density at radius 1 is 1.29 bits per heavy atom. The number of esters is 1. The highest BCUT2D eigenvalue weighted by atomic mass is 35.5. The molecule has 0 aromatic carbocycles. The van der Waals surface area contributed by atoms with E-state index in [1.165, 1.54) is 18.4 Å². The van der Waals surface area contributed by atoms with Gasteiger partial charge in [-0.15, -0.1) is 23.2 Å². The molecule has 3 fully saturated rings. The van der Waals surface area contributed by atoms with Gasteiger partial charge in [-0.05, 0) is 61.8 Å². The summed E-state index contributed by atoms with van der Waals surface area (Å²) in [6, 6.07) is 3.07. The van der Waals surface area contributed by atoms with Crippen LogP contribution in [0, 0.1) is 28.6 Å². The second-order valence-corrected chi connectivity index (χ2v) is 12.0. The van der Waals surface area contributed by atoms with Gasteiger partial charge in [-0.2, -0.15) is 0 Å². The zero-order valence-corrected chi connectivity index (χ0v) is 21.6. The maximum atomic E-state index is 13.6.